The Labute approximate surface area is 246 Å². The van der Waals surface area contributed by atoms with E-state index in [2.05, 4.69) is 6.92 Å². The van der Waals surface area contributed by atoms with E-state index < -0.39 is 11.6 Å². The molecule has 4 aliphatic carbocycles. The molecule has 4 unspecified atom stereocenters. The molecule has 0 heterocycles. The number of esters is 1. The van der Waals surface area contributed by atoms with E-state index in [1.807, 2.05) is 0 Å². The van der Waals surface area contributed by atoms with Crippen molar-refractivity contribution in [1.82, 2.24) is 0 Å². The number of hydrogen-bond acceptors (Lipinski definition) is 4. The fourth-order valence-corrected chi connectivity index (χ4v) is 8.74. The molecule has 0 saturated heterocycles. The Morgan fingerprint density at radius 3 is 1.93 bits per heavy atom. The SMILES string of the molecule is CCCC1CCC(OC(=O)C2CCC(C3CCC4CC(COc5ccc(OCC)c(F)c5F)CCC4C3)CC2)CC1. The standard InChI is InChI=1S/C35H52F2O4/c1-3-5-23-7-16-30(17-8-23)41-35(38)26-12-10-25(11-13-26)28-15-14-27-20-24(6-9-29(27)21-28)22-40-32-19-18-31(39-4-2)33(36)34(32)37/h18-19,23-30H,3-17,20-22H2,1-2H3. The van der Waals surface area contributed by atoms with Gasteiger partial charge in [0.05, 0.1) is 19.1 Å². The van der Waals surface area contributed by atoms with Gasteiger partial charge < -0.3 is 14.2 Å². The summed E-state index contributed by atoms with van der Waals surface area (Å²) in [5.74, 6) is 2.44. The molecule has 0 N–H and O–H groups in total. The Hall–Kier alpha value is -1.85. The molecule has 0 aliphatic heterocycles. The quantitative estimate of drug-likeness (QED) is 0.261. The van der Waals surface area contributed by atoms with E-state index in [0.29, 0.717) is 18.4 Å². The summed E-state index contributed by atoms with van der Waals surface area (Å²) in [5, 5.41) is 0. The second-order valence-electron chi connectivity index (χ2n) is 13.7. The molecule has 1 aromatic carbocycles. The molecule has 6 heteroatoms. The van der Waals surface area contributed by atoms with Gasteiger partial charge in [-0.05, 0) is 144 Å². The molecule has 0 amide bonds. The van der Waals surface area contributed by atoms with E-state index in [9.17, 15) is 13.6 Å². The Bertz CT molecular complexity index is 983. The summed E-state index contributed by atoms with van der Waals surface area (Å²) in [7, 11) is 0. The Balaban J connectivity index is 1.01. The molecule has 0 spiro atoms. The summed E-state index contributed by atoms with van der Waals surface area (Å²) in [6, 6.07) is 2.93. The third-order valence-corrected chi connectivity index (χ3v) is 11.1. The summed E-state index contributed by atoms with van der Waals surface area (Å²) in [6.07, 6.45) is 18.9. The molecule has 41 heavy (non-hydrogen) atoms. The number of carbonyl (C=O) groups is 1. The molecular formula is C35H52F2O4. The molecular weight excluding hydrogens is 522 g/mol. The van der Waals surface area contributed by atoms with E-state index in [1.165, 1.54) is 76.3 Å². The molecule has 0 radical (unpaired) electrons. The fourth-order valence-electron chi connectivity index (χ4n) is 8.74. The van der Waals surface area contributed by atoms with Gasteiger partial charge in [0.25, 0.3) is 0 Å². The molecule has 0 aromatic heterocycles. The van der Waals surface area contributed by atoms with Crippen molar-refractivity contribution >= 4 is 5.97 Å². The zero-order valence-corrected chi connectivity index (χ0v) is 25.4. The average Bonchev–Trinajstić information content (AvgIpc) is 3.00. The lowest BCUT2D eigenvalue weighted by Crippen LogP contribution is -2.36. The van der Waals surface area contributed by atoms with Gasteiger partial charge in [0.1, 0.15) is 6.10 Å². The third kappa shape index (κ3) is 7.76. The second-order valence-corrected chi connectivity index (χ2v) is 13.7. The lowest BCUT2D eigenvalue weighted by atomic mass is 9.61. The second kappa shape index (κ2) is 14.6. The lowest BCUT2D eigenvalue weighted by molar-refractivity contribution is -0.157. The van der Waals surface area contributed by atoms with Gasteiger partial charge in [-0.25, -0.2) is 0 Å². The predicted molar refractivity (Wildman–Crippen MR) is 157 cm³/mol. The van der Waals surface area contributed by atoms with Crippen LogP contribution in [0.1, 0.15) is 117 Å². The summed E-state index contributed by atoms with van der Waals surface area (Å²) >= 11 is 0. The molecule has 1 aromatic rings. The van der Waals surface area contributed by atoms with E-state index in [1.54, 1.807) is 6.92 Å². The Morgan fingerprint density at radius 2 is 1.27 bits per heavy atom. The number of ether oxygens (including phenoxy) is 3. The van der Waals surface area contributed by atoms with Crippen molar-refractivity contribution in [3.63, 3.8) is 0 Å². The molecule has 0 bridgehead atoms. The molecule has 5 rings (SSSR count). The number of carbonyl (C=O) groups excluding carboxylic acids is 1. The topological polar surface area (TPSA) is 44.8 Å². The van der Waals surface area contributed by atoms with Crippen LogP contribution in [-0.4, -0.2) is 25.3 Å². The monoisotopic (exact) mass is 574 g/mol. The van der Waals surface area contributed by atoms with Crippen LogP contribution in [0.5, 0.6) is 11.5 Å². The zero-order valence-electron chi connectivity index (χ0n) is 25.4. The predicted octanol–water partition coefficient (Wildman–Crippen LogP) is 9.28. The minimum atomic E-state index is -0.970. The van der Waals surface area contributed by atoms with Crippen molar-refractivity contribution in [2.45, 2.75) is 123 Å². The van der Waals surface area contributed by atoms with Crippen LogP contribution < -0.4 is 9.47 Å². The van der Waals surface area contributed by atoms with Gasteiger partial charge in [-0.3, -0.25) is 4.79 Å². The largest absolute Gasteiger partial charge is 0.491 e. The van der Waals surface area contributed by atoms with Crippen LogP contribution in [0.15, 0.2) is 12.1 Å². The van der Waals surface area contributed by atoms with Crippen LogP contribution >= 0.6 is 0 Å². The Morgan fingerprint density at radius 1 is 0.707 bits per heavy atom. The van der Waals surface area contributed by atoms with Crippen LogP contribution in [0, 0.1) is 53.1 Å². The highest BCUT2D eigenvalue weighted by Crippen LogP contribution is 2.49. The van der Waals surface area contributed by atoms with Crippen LogP contribution in [0.4, 0.5) is 8.78 Å². The minimum absolute atomic E-state index is 0.0179. The van der Waals surface area contributed by atoms with Gasteiger partial charge in [-0.2, -0.15) is 8.78 Å². The van der Waals surface area contributed by atoms with Gasteiger partial charge in [0.2, 0.25) is 11.6 Å². The highest BCUT2D eigenvalue weighted by atomic mass is 19.2. The summed E-state index contributed by atoms with van der Waals surface area (Å²) in [6.45, 7) is 4.74. The normalized spacial score (nSPS) is 34.0. The number of halogens is 2. The van der Waals surface area contributed by atoms with Crippen LogP contribution in [0.2, 0.25) is 0 Å². The number of rotatable bonds is 10. The molecule has 4 saturated carbocycles. The maximum atomic E-state index is 14.4. The number of benzene rings is 1. The van der Waals surface area contributed by atoms with E-state index in [0.717, 1.165) is 62.2 Å². The van der Waals surface area contributed by atoms with Gasteiger partial charge in [0, 0.05) is 0 Å². The first-order valence-electron chi connectivity index (χ1n) is 16.9. The smallest absolute Gasteiger partial charge is 0.309 e. The Kier molecular flexibility index (Phi) is 10.9. The number of hydrogen-bond donors (Lipinski definition) is 0. The van der Waals surface area contributed by atoms with Crippen molar-refractivity contribution in [1.29, 1.82) is 0 Å². The van der Waals surface area contributed by atoms with Gasteiger partial charge in [0.15, 0.2) is 11.5 Å². The molecule has 230 valence electrons. The molecule has 4 aliphatic rings. The average molecular weight is 575 g/mol. The third-order valence-electron chi connectivity index (χ3n) is 11.1. The highest BCUT2D eigenvalue weighted by Gasteiger charge is 2.40. The lowest BCUT2D eigenvalue weighted by Gasteiger charge is -2.45. The first kappa shape index (κ1) is 30.6. The van der Waals surface area contributed by atoms with E-state index >= 15 is 0 Å². The highest BCUT2D eigenvalue weighted by molar-refractivity contribution is 5.72. The van der Waals surface area contributed by atoms with Gasteiger partial charge in [-0.15, -0.1) is 0 Å². The van der Waals surface area contributed by atoms with Crippen molar-refractivity contribution in [3.8, 4) is 11.5 Å². The number of fused-ring (bicyclic) bond motifs is 1. The van der Waals surface area contributed by atoms with E-state index in [-0.39, 0.29) is 36.1 Å². The van der Waals surface area contributed by atoms with E-state index in [4.69, 9.17) is 14.2 Å². The summed E-state index contributed by atoms with van der Waals surface area (Å²) in [4.78, 5) is 12.9. The molecule has 4 atom stereocenters. The maximum Gasteiger partial charge on any atom is 0.309 e. The first-order valence-corrected chi connectivity index (χ1v) is 16.9. The minimum Gasteiger partial charge on any atom is -0.491 e. The van der Waals surface area contributed by atoms with Crippen molar-refractivity contribution in [2.24, 2.45) is 41.4 Å². The van der Waals surface area contributed by atoms with Gasteiger partial charge >= 0.3 is 5.97 Å². The summed E-state index contributed by atoms with van der Waals surface area (Å²) in [5.41, 5.74) is 0. The van der Waals surface area contributed by atoms with Gasteiger partial charge in [-0.1, -0.05) is 19.8 Å². The molecule has 4 nitrogen and oxygen atoms in total. The van der Waals surface area contributed by atoms with Crippen molar-refractivity contribution in [3.05, 3.63) is 23.8 Å². The first-order chi connectivity index (χ1) is 19.9. The van der Waals surface area contributed by atoms with Crippen molar-refractivity contribution < 1.29 is 27.8 Å². The van der Waals surface area contributed by atoms with Crippen molar-refractivity contribution in [2.75, 3.05) is 13.2 Å². The fraction of sp³-hybridized carbons (Fsp3) is 0.800. The van der Waals surface area contributed by atoms with Crippen LogP contribution in [0.25, 0.3) is 0 Å². The van der Waals surface area contributed by atoms with Crippen LogP contribution in [-0.2, 0) is 9.53 Å². The molecule has 4 fully saturated rings. The maximum absolute atomic E-state index is 14.4. The van der Waals surface area contributed by atoms with Crippen LogP contribution in [0.3, 0.4) is 0 Å². The zero-order chi connectivity index (χ0) is 28.8. The summed E-state index contributed by atoms with van der Waals surface area (Å²) < 4.78 is 45.6.